The van der Waals surface area contributed by atoms with E-state index in [2.05, 4.69) is 31.5 Å². The molecule has 2 aromatic heterocycles. The predicted octanol–water partition coefficient (Wildman–Crippen LogP) is 5.44. The standard InChI is InChI=1S/C28H21BrN4O5S/c1-30-28(35)25-16-21(13-14-31-25)38-20-10-8-19(9-11-20)32-27(34)24-17-33(26-12-7-18(29)15-23(24)26)39(36,37)22-5-3-2-4-6-22/h2-17H,1H3,(H,30,35)(H,32,34). The van der Waals surface area contributed by atoms with Crippen molar-refractivity contribution in [3.05, 3.63) is 113 Å². The van der Waals surface area contributed by atoms with Crippen molar-refractivity contribution in [3.63, 3.8) is 0 Å². The van der Waals surface area contributed by atoms with Crippen LogP contribution in [0.5, 0.6) is 11.5 Å². The van der Waals surface area contributed by atoms with Crippen molar-refractivity contribution in [1.82, 2.24) is 14.3 Å². The van der Waals surface area contributed by atoms with Crippen LogP contribution >= 0.6 is 15.9 Å². The van der Waals surface area contributed by atoms with Gasteiger partial charge in [0.15, 0.2) is 0 Å². The van der Waals surface area contributed by atoms with E-state index in [0.717, 1.165) is 3.97 Å². The Hall–Kier alpha value is -4.48. The lowest BCUT2D eigenvalue weighted by Gasteiger charge is -2.09. The highest BCUT2D eigenvalue weighted by Crippen LogP contribution is 2.30. The maximum absolute atomic E-state index is 13.4. The van der Waals surface area contributed by atoms with Crippen LogP contribution in [0.3, 0.4) is 0 Å². The van der Waals surface area contributed by atoms with Crippen LogP contribution < -0.4 is 15.4 Å². The summed E-state index contributed by atoms with van der Waals surface area (Å²) in [5, 5.41) is 5.80. The number of hydrogen-bond donors (Lipinski definition) is 2. The number of carbonyl (C=O) groups is 2. The first-order valence-electron chi connectivity index (χ1n) is 11.6. The maximum atomic E-state index is 13.4. The van der Waals surface area contributed by atoms with Gasteiger partial charge in [-0.15, -0.1) is 0 Å². The first kappa shape index (κ1) is 26.1. The number of amides is 2. The molecule has 0 aliphatic rings. The van der Waals surface area contributed by atoms with Crippen LogP contribution in [0.1, 0.15) is 20.8 Å². The average Bonchev–Trinajstić information content (AvgIpc) is 3.34. The third kappa shape index (κ3) is 5.40. The van der Waals surface area contributed by atoms with Crippen LogP contribution in [0.15, 0.2) is 107 Å². The van der Waals surface area contributed by atoms with Gasteiger partial charge in [-0.05, 0) is 60.7 Å². The van der Waals surface area contributed by atoms with E-state index >= 15 is 0 Å². The van der Waals surface area contributed by atoms with Crippen LogP contribution in [0, 0.1) is 0 Å². The summed E-state index contributed by atoms with van der Waals surface area (Å²) >= 11 is 3.41. The van der Waals surface area contributed by atoms with Crippen molar-refractivity contribution >= 4 is 54.4 Å². The second-order valence-electron chi connectivity index (χ2n) is 8.35. The topological polar surface area (TPSA) is 119 Å². The van der Waals surface area contributed by atoms with Gasteiger partial charge in [-0.2, -0.15) is 0 Å². The molecular weight excluding hydrogens is 584 g/mol. The van der Waals surface area contributed by atoms with E-state index in [0.29, 0.717) is 32.6 Å². The van der Waals surface area contributed by atoms with Crippen LogP contribution in [0.2, 0.25) is 0 Å². The van der Waals surface area contributed by atoms with Crippen LogP contribution in [-0.4, -0.2) is 36.2 Å². The molecule has 0 atom stereocenters. The van der Waals surface area contributed by atoms with E-state index in [1.54, 1.807) is 66.7 Å². The molecule has 2 amide bonds. The second kappa shape index (κ2) is 10.7. The highest BCUT2D eigenvalue weighted by atomic mass is 79.9. The molecule has 0 saturated carbocycles. The Morgan fingerprint density at radius 1 is 0.897 bits per heavy atom. The van der Waals surface area contributed by atoms with Crippen LogP contribution in [-0.2, 0) is 10.0 Å². The minimum Gasteiger partial charge on any atom is -0.457 e. The first-order chi connectivity index (χ1) is 18.8. The number of aromatic nitrogens is 2. The zero-order valence-electron chi connectivity index (χ0n) is 20.5. The summed E-state index contributed by atoms with van der Waals surface area (Å²) in [4.78, 5) is 29.2. The van der Waals surface area contributed by atoms with Crippen molar-refractivity contribution in [1.29, 1.82) is 0 Å². The Bertz CT molecular complexity index is 1800. The van der Waals surface area contributed by atoms with Gasteiger partial charge in [0.2, 0.25) is 0 Å². The van der Waals surface area contributed by atoms with Crippen LogP contribution in [0.4, 0.5) is 5.69 Å². The lowest BCUT2D eigenvalue weighted by Crippen LogP contribution is -2.18. The van der Waals surface area contributed by atoms with Crippen LogP contribution in [0.25, 0.3) is 10.9 Å². The summed E-state index contributed by atoms with van der Waals surface area (Å²) in [6.07, 6.45) is 2.81. The number of rotatable bonds is 7. The fourth-order valence-corrected chi connectivity index (χ4v) is 5.68. The summed E-state index contributed by atoms with van der Waals surface area (Å²) in [6, 6.07) is 22.9. The molecule has 11 heteroatoms. The zero-order valence-corrected chi connectivity index (χ0v) is 22.9. The molecule has 0 aliphatic carbocycles. The molecule has 5 rings (SSSR count). The van der Waals surface area contributed by atoms with Gasteiger partial charge in [0.05, 0.1) is 16.0 Å². The maximum Gasteiger partial charge on any atom is 0.269 e. The Morgan fingerprint density at radius 3 is 2.36 bits per heavy atom. The van der Waals surface area contributed by atoms with E-state index in [1.807, 2.05) is 0 Å². The van der Waals surface area contributed by atoms with E-state index in [1.165, 1.54) is 37.6 Å². The van der Waals surface area contributed by atoms with Crippen molar-refractivity contribution < 1.29 is 22.7 Å². The second-order valence-corrected chi connectivity index (χ2v) is 11.1. The molecule has 0 saturated heterocycles. The zero-order chi connectivity index (χ0) is 27.6. The molecule has 196 valence electrons. The average molecular weight is 605 g/mol. The van der Waals surface area contributed by atoms with Gasteiger partial charge >= 0.3 is 0 Å². The van der Waals surface area contributed by atoms with Crippen molar-refractivity contribution in [3.8, 4) is 11.5 Å². The number of nitrogens with zero attached hydrogens (tertiary/aromatic N) is 2. The SMILES string of the molecule is CNC(=O)c1cc(Oc2ccc(NC(=O)c3cn(S(=O)(=O)c4ccccc4)c4ccc(Br)cc34)cc2)ccn1. The number of hydrogen-bond acceptors (Lipinski definition) is 6. The van der Waals surface area contributed by atoms with Gasteiger partial charge in [-0.1, -0.05) is 34.1 Å². The molecule has 0 bridgehead atoms. The minimum atomic E-state index is -3.93. The third-order valence-electron chi connectivity index (χ3n) is 5.82. The Balaban J connectivity index is 1.40. The van der Waals surface area contributed by atoms with Crippen molar-refractivity contribution in [2.24, 2.45) is 0 Å². The summed E-state index contributed by atoms with van der Waals surface area (Å²) in [6.45, 7) is 0. The Labute approximate surface area is 232 Å². The largest absolute Gasteiger partial charge is 0.457 e. The fourth-order valence-electron chi connectivity index (χ4n) is 3.93. The van der Waals surface area contributed by atoms with Gasteiger partial charge in [0, 0.05) is 41.1 Å². The van der Waals surface area contributed by atoms with Gasteiger partial charge < -0.3 is 15.4 Å². The number of benzene rings is 3. The van der Waals surface area contributed by atoms with E-state index in [4.69, 9.17) is 4.74 Å². The highest BCUT2D eigenvalue weighted by molar-refractivity contribution is 9.10. The molecule has 0 radical (unpaired) electrons. The molecule has 0 unspecified atom stereocenters. The number of anilines is 1. The minimum absolute atomic E-state index is 0.115. The van der Waals surface area contributed by atoms with Gasteiger partial charge in [0.25, 0.3) is 21.8 Å². The number of carbonyl (C=O) groups excluding carboxylic acids is 2. The van der Waals surface area contributed by atoms with E-state index in [9.17, 15) is 18.0 Å². The fraction of sp³-hybridized carbons (Fsp3) is 0.0357. The molecular formula is C28H21BrN4O5S. The molecule has 0 fully saturated rings. The summed E-state index contributed by atoms with van der Waals surface area (Å²) < 4.78 is 34.4. The smallest absolute Gasteiger partial charge is 0.269 e. The molecule has 2 heterocycles. The number of pyridine rings is 1. The van der Waals surface area contributed by atoms with E-state index in [-0.39, 0.29) is 22.1 Å². The molecule has 5 aromatic rings. The van der Waals surface area contributed by atoms with Gasteiger partial charge in [-0.3, -0.25) is 14.6 Å². The number of ether oxygens (including phenoxy) is 1. The first-order valence-corrected chi connectivity index (χ1v) is 13.9. The molecule has 0 aliphatic heterocycles. The number of nitrogens with one attached hydrogen (secondary N) is 2. The normalized spacial score (nSPS) is 11.2. The number of fused-ring (bicyclic) bond motifs is 1. The third-order valence-corrected chi connectivity index (χ3v) is 8.00. The van der Waals surface area contributed by atoms with Crippen molar-refractivity contribution in [2.75, 3.05) is 12.4 Å². The highest BCUT2D eigenvalue weighted by Gasteiger charge is 2.24. The summed E-state index contributed by atoms with van der Waals surface area (Å²) in [5.74, 6) is 0.108. The number of halogens is 1. The summed E-state index contributed by atoms with van der Waals surface area (Å²) in [7, 11) is -2.42. The Morgan fingerprint density at radius 2 is 1.64 bits per heavy atom. The lowest BCUT2D eigenvalue weighted by atomic mass is 10.1. The monoisotopic (exact) mass is 604 g/mol. The molecule has 2 N–H and O–H groups in total. The molecule has 39 heavy (non-hydrogen) atoms. The molecule has 3 aromatic carbocycles. The molecule has 9 nitrogen and oxygen atoms in total. The quantitative estimate of drug-likeness (QED) is 0.255. The predicted molar refractivity (Wildman–Crippen MR) is 151 cm³/mol. The van der Waals surface area contributed by atoms with Gasteiger partial charge in [0.1, 0.15) is 17.2 Å². The Kier molecular flexibility index (Phi) is 7.18. The van der Waals surface area contributed by atoms with Crippen molar-refractivity contribution in [2.45, 2.75) is 4.90 Å². The molecule has 0 spiro atoms. The summed E-state index contributed by atoms with van der Waals surface area (Å²) in [5.41, 5.74) is 1.28. The van der Waals surface area contributed by atoms with E-state index < -0.39 is 15.9 Å². The lowest BCUT2D eigenvalue weighted by molar-refractivity contribution is 0.0957. The van der Waals surface area contributed by atoms with Gasteiger partial charge in [-0.25, -0.2) is 12.4 Å².